The third kappa shape index (κ3) is 8.93. The Kier molecular flexibility index (Phi) is 11.6. The maximum Gasteiger partial charge on any atom is 0.419 e. The molecule has 0 unspecified atom stereocenters. The summed E-state index contributed by atoms with van der Waals surface area (Å²) in [6.45, 7) is 5.88. The van der Waals surface area contributed by atoms with E-state index in [0.29, 0.717) is 12.5 Å². The number of nitrogens with one attached hydrogen (secondary N) is 2. The first-order chi connectivity index (χ1) is 13.4. The maximum atomic E-state index is 13.0. The molecule has 2 heterocycles. The summed E-state index contributed by atoms with van der Waals surface area (Å²) in [5.74, 6) is 1.27. The Labute approximate surface area is 187 Å². The number of aliphatic imine (C=N–C) groups is 1. The standard InChI is InChI=1S/C19H30F3N5O.HI/c1-3-23-18(27(2)12-6-15-7-13-28-14-8-15)26-11-10-25-17-16(19(20,21)22)5-4-9-24-17;/h4-5,9,15H,3,6-8,10-14H2,1-2H3,(H,23,26)(H,24,25);1H. The van der Waals surface area contributed by atoms with Gasteiger partial charge in [-0.25, -0.2) is 4.98 Å². The van der Waals surface area contributed by atoms with Crippen molar-refractivity contribution in [2.45, 2.75) is 32.4 Å². The Bertz CT molecular complexity index is 624. The van der Waals surface area contributed by atoms with Gasteiger partial charge >= 0.3 is 6.18 Å². The SMILES string of the molecule is CCNC(=NCCNc1ncccc1C(F)(F)F)N(C)CCC1CCOCC1.I. The maximum absolute atomic E-state index is 13.0. The fourth-order valence-electron chi connectivity index (χ4n) is 3.10. The molecule has 0 amide bonds. The van der Waals surface area contributed by atoms with Gasteiger partial charge < -0.3 is 20.3 Å². The van der Waals surface area contributed by atoms with Crippen LogP contribution in [0.2, 0.25) is 0 Å². The normalized spacial score (nSPS) is 15.6. The van der Waals surface area contributed by atoms with E-state index in [2.05, 4.69) is 25.5 Å². The van der Waals surface area contributed by atoms with E-state index >= 15 is 0 Å². The van der Waals surface area contributed by atoms with Crippen molar-refractivity contribution in [2.24, 2.45) is 10.9 Å². The van der Waals surface area contributed by atoms with Crippen LogP contribution in [0.25, 0.3) is 0 Å². The molecule has 6 nitrogen and oxygen atoms in total. The molecular formula is C19H31F3IN5O. The molecule has 0 bridgehead atoms. The Morgan fingerprint density at radius 3 is 2.72 bits per heavy atom. The van der Waals surface area contributed by atoms with E-state index in [0.717, 1.165) is 57.6 Å². The van der Waals surface area contributed by atoms with Crippen molar-refractivity contribution in [1.82, 2.24) is 15.2 Å². The first-order valence-electron chi connectivity index (χ1n) is 9.75. The first-order valence-corrected chi connectivity index (χ1v) is 9.75. The number of aromatic nitrogens is 1. The molecule has 1 aromatic rings. The van der Waals surface area contributed by atoms with Gasteiger partial charge in [-0.05, 0) is 44.2 Å². The number of alkyl halides is 3. The largest absolute Gasteiger partial charge is 0.419 e. The van der Waals surface area contributed by atoms with E-state index in [1.807, 2.05) is 14.0 Å². The van der Waals surface area contributed by atoms with Gasteiger partial charge in [-0.2, -0.15) is 13.2 Å². The Morgan fingerprint density at radius 1 is 1.34 bits per heavy atom. The fourth-order valence-corrected chi connectivity index (χ4v) is 3.10. The molecule has 0 saturated carbocycles. The minimum atomic E-state index is -4.43. The highest BCUT2D eigenvalue weighted by Gasteiger charge is 2.33. The average Bonchev–Trinajstić information content (AvgIpc) is 2.69. The lowest BCUT2D eigenvalue weighted by molar-refractivity contribution is -0.137. The number of ether oxygens (including phenoxy) is 1. The second kappa shape index (κ2) is 13.1. The molecule has 2 N–H and O–H groups in total. The van der Waals surface area contributed by atoms with Crippen LogP contribution in [-0.2, 0) is 10.9 Å². The molecule has 2 rings (SSSR count). The van der Waals surface area contributed by atoms with Crippen LogP contribution in [-0.4, -0.2) is 62.3 Å². The zero-order valence-electron chi connectivity index (χ0n) is 17.0. The lowest BCUT2D eigenvalue weighted by Crippen LogP contribution is -2.40. The number of anilines is 1. The molecular weight excluding hydrogens is 498 g/mol. The Morgan fingerprint density at radius 2 is 2.07 bits per heavy atom. The van der Waals surface area contributed by atoms with Crippen LogP contribution in [0.15, 0.2) is 23.3 Å². The van der Waals surface area contributed by atoms with Crippen molar-refractivity contribution in [3.05, 3.63) is 23.9 Å². The van der Waals surface area contributed by atoms with Gasteiger partial charge in [0.25, 0.3) is 0 Å². The predicted molar refractivity (Wildman–Crippen MR) is 120 cm³/mol. The highest BCUT2D eigenvalue weighted by atomic mass is 127. The number of guanidine groups is 1. The van der Waals surface area contributed by atoms with Crippen LogP contribution >= 0.6 is 24.0 Å². The average molecular weight is 529 g/mol. The van der Waals surface area contributed by atoms with Crippen LogP contribution in [0.4, 0.5) is 19.0 Å². The molecule has 1 aliphatic rings. The third-order valence-electron chi connectivity index (χ3n) is 4.69. The van der Waals surface area contributed by atoms with Crippen LogP contribution in [0.1, 0.15) is 31.7 Å². The summed E-state index contributed by atoms with van der Waals surface area (Å²) >= 11 is 0. The summed E-state index contributed by atoms with van der Waals surface area (Å²) in [6.07, 6.45) is 0.174. The van der Waals surface area contributed by atoms with Crippen LogP contribution in [0.5, 0.6) is 0 Å². The quantitative estimate of drug-likeness (QED) is 0.232. The monoisotopic (exact) mass is 529 g/mol. The number of pyridine rings is 1. The molecule has 10 heteroatoms. The predicted octanol–water partition coefficient (Wildman–Crippen LogP) is 3.84. The van der Waals surface area contributed by atoms with Gasteiger partial charge in [-0.3, -0.25) is 4.99 Å². The first kappa shape index (κ1) is 25.7. The van der Waals surface area contributed by atoms with Gasteiger partial charge in [0, 0.05) is 46.1 Å². The topological polar surface area (TPSA) is 61.8 Å². The fraction of sp³-hybridized carbons (Fsp3) is 0.684. The molecule has 0 radical (unpaired) electrons. The lowest BCUT2D eigenvalue weighted by Gasteiger charge is -2.26. The van der Waals surface area contributed by atoms with Gasteiger partial charge in [-0.1, -0.05) is 0 Å². The summed E-state index contributed by atoms with van der Waals surface area (Å²) in [4.78, 5) is 10.4. The molecule has 0 aliphatic carbocycles. The van der Waals surface area contributed by atoms with Crippen LogP contribution in [0, 0.1) is 5.92 Å². The van der Waals surface area contributed by atoms with Gasteiger partial charge in [0.2, 0.25) is 0 Å². The summed E-state index contributed by atoms with van der Waals surface area (Å²) in [5, 5.41) is 5.97. The van der Waals surface area contributed by atoms with Gasteiger partial charge in [0.05, 0.1) is 12.1 Å². The summed E-state index contributed by atoms with van der Waals surface area (Å²) < 4.78 is 44.4. The molecule has 166 valence electrons. The van der Waals surface area contributed by atoms with Gasteiger partial charge in [-0.15, -0.1) is 24.0 Å². The van der Waals surface area contributed by atoms with Crippen LogP contribution < -0.4 is 10.6 Å². The Hall–Kier alpha value is -1.30. The highest BCUT2D eigenvalue weighted by molar-refractivity contribution is 14.0. The molecule has 1 aromatic heterocycles. The van der Waals surface area contributed by atoms with Crippen molar-refractivity contribution in [3.63, 3.8) is 0 Å². The number of hydrogen-bond acceptors (Lipinski definition) is 4. The number of rotatable bonds is 8. The molecule has 1 fully saturated rings. The van der Waals surface area contributed by atoms with E-state index in [-0.39, 0.29) is 36.3 Å². The summed E-state index contributed by atoms with van der Waals surface area (Å²) in [7, 11) is 1.98. The minimum absolute atomic E-state index is 0. The second-order valence-corrected chi connectivity index (χ2v) is 6.83. The number of hydrogen-bond donors (Lipinski definition) is 2. The van der Waals surface area contributed by atoms with E-state index in [4.69, 9.17) is 4.74 Å². The summed E-state index contributed by atoms with van der Waals surface area (Å²) in [5.41, 5.74) is -0.764. The van der Waals surface area contributed by atoms with Gasteiger partial charge in [0.1, 0.15) is 5.82 Å². The van der Waals surface area contributed by atoms with Crippen molar-refractivity contribution in [1.29, 1.82) is 0 Å². The molecule has 0 aromatic carbocycles. The van der Waals surface area contributed by atoms with Crippen molar-refractivity contribution < 1.29 is 17.9 Å². The summed E-state index contributed by atoms with van der Waals surface area (Å²) in [6, 6.07) is 2.30. The van der Waals surface area contributed by atoms with Crippen molar-refractivity contribution in [2.75, 3.05) is 51.8 Å². The van der Waals surface area contributed by atoms with Crippen molar-refractivity contribution >= 4 is 35.8 Å². The van der Waals surface area contributed by atoms with Gasteiger partial charge in [0.15, 0.2) is 5.96 Å². The minimum Gasteiger partial charge on any atom is -0.381 e. The van der Waals surface area contributed by atoms with E-state index in [9.17, 15) is 13.2 Å². The lowest BCUT2D eigenvalue weighted by atomic mass is 9.96. The molecule has 1 aliphatic heterocycles. The zero-order valence-corrected chi connectivity index (χ0v) is 19.3. The van der Waals surface area contributed by atoms with E-state index in [1.54, 1.807) is 0 Å². The van der Waals surface area contributed by atoms with Crippen molar-refractivity contribution in [3.8, 4) is 0 Å². The smallest absolute Gasteiger partial charge is 0.381 e. The number of nitrogens with zero attached hydrogens (tertiary/aromatic N) is 3. The highest BCUT2D eigenvalue weighted by Crippen LogP contribution is 2.33. The number of halogens is 4. The molecule has 1 saturated heterocycles. The van der Waals surface area contributed by atoms with E-state index < -0.39 is 11.7 Å². The molecule has 29 heavy (non-hydrogen) atoms. The van der Waals surface area contributed by atoms with Crippen LogP contribution in [0.3, 0.4) is 0 Å². The van der Waals surface area contributed by atoms with E-state index in [1.165, 1.54) is 12.3 Å². The second-order valence-electron chi connectivity index (χ2n) is 6.83. The third-order valence-corrected chi connectivity index (χ3v) is 4.69. The molecule has 0 spiro atoms. The Balaban J connectivity index is 0.00000420. The molecule has 0 atom stereocenters. The zero-order chi connectivity index (χ0) is 20.4.